The van der Waals surface area contributed by atoms with Crippen LogP contribution in [0.3, 0.4) is 0 Å². The fraction of sp³-hybridized carbons (Fsp3) is 0.562. The fourth-order valence-electron chi connectivity index (χ4n) is 1.80. The zero-order chi connectivity index (χ0) is 17.6. The van der Waals surface area contributed by atoms with Crippen LogP contribution < -0.4 is 15.8 Å². The summed E-state index contributed by atoms with van der Waals surface area (Å²) in [4.78, 5) is 11.6. The van der Waals surface area contributed by atoms with Crippen LogP contribution in [0.15, 0.2) is 12.1 Å². The van der Waals surface area contributed by atoms with Crippen molar-refractivity contribution in [3.63, 3.8) is 0 Å². The van der Waals surface area contributed by atoms with Crippen molar-refractivity contribution < 1.29 is 23.4 Å². The van der Waals surface area contributed by atoms with Gasteiger partial charge in [0, 0.05) is 11.6 Å². The molecule has 1 aromatic carbocycles. The van der Waals surface area contributed by atoms with Crippen molar-refractivity contribution in [3.05, 3.63) is 23.5 Å². The molecule has 6 nitrogen and oxygen atoms in total. The van der Waals surface area contributed by atoms with Gasteiger partial charge in [-0.1, -0.05) is 0 Å². The van der Waals surface area contributed by atoms with Gasteiger partial charge < -0.3 is 25.3 Å². The van der Waals surface area contributed by atoms with Crippen LogP contribution >= 0.6 is 0 Å². The highest BCUT2D eigenvalue weighted by Gasteiger charge is 2.17. The number of amides is 1. The van der Waals surface area contributed by atoms with Crippen LogP contribution in [0, 0.1) is 5.82 Å². The maximum atomic E-state index is 13.8. The highest BCUT2D eigenvalue weighted by atomic mass is 19.1. The molecule has 1 aromatic rings. The van der Waals surface area contributed by atoms with Gasteiger partial charge in [-0.15, -0.1) is 0 Å². The topological polar surface area (TPSA) is 82.8 Å². The van der Waals surface area contributed by atoms with Crippen molar-refractivity contribution in [1.29, 1.82) is 0 Å². The molecular weight excluding hydrogens is 303 g/mol. The normalized spacial score (nSPS) is 12.6. The van der Waals surface area contributed by atoms with Crippen molar-refractivity contribution in [3.8, 4) is 5.75 Å². The van der Waals surface area contributed by atoms with Gasteiger partial charge in [-0.05, 0) is 33.8 Å². The van der Waals surface area contributed by atoms with E-state index in [1.54, 1.807) is 27.7 Å². The molecule has 0 spiro atoms. The standard InChI is InChI=1S/C16H25FN2O4/c1-10(19-15(20)23-16(2,3)4)8-22-9-11-6-13(18)14(21-5)7-12(11)17/h6-7,10H,8-9,18H2,1-5H3,(H,19,20). The zero-order valence-electron chi connectivity index (χ0n) is 14.2. The van der Waals surface area contributed by atoms with E-state index in [0.717, 1.165) is 0 Å². The predicted octanol–water partition coefficient (Wildman–Crippen LogP) is 2.85. The summed E-state index contributed by atoms with van der Waals surface area (Å²) >= 11 is 0. The summed E-state index contributed by atoms with van der Waals surface area (Å²) in [5, 5.41) is 2.64. The molecule has 1 amide bonds. The Bertz CT molecular complexity index is 544. The summed E-state index contributed by atoms with van der Waals surface area (Å²) in [6, 6.07) is 2.42. The van der Waals surface area contributed by atoms with E-state index in [4.69, 9.17) is 19.9 Å². The lowest BCUT2D eigenvalue weighted by Crippen LogP contribution is -2.39. The monoisotopic (exact) mass is 328 g/mol. The molecule has 0 heterocycles. The third-order valence-electron chi connectivity index (χ3n) is 2.79. The molecule has 1 rings (SSSR count). The van der Waals surface area contributed by atoms with Crippen molar-refractivity contribution in [2.75, 3.05) is 19.5 Å². The summed E-state index contributed by atoms with van der Waals surface area (Å²) in [7, 11) is 1.42. The van der Waals surface area contributed by atoms with E-state index < -0.39 is 17.5 Å². The molecule has 1 unspecified atom stereocenters. The minimum Gasteiger partial charge on any atom is -0.494 e. The Morgan fingerprint density at radius 1 is 1.39 bits per heavy atom. The molecule has 0 aliphatic rings. The predicted molar refractivity (Wildman–Crippen MR) is 85.9 cm³/mol. The van der Waals surface area contributed by atoms with Crippen LogP contribution in [-0.2, 0) is 16.1 Å². The average Bonchev–Trinajstić information content (AvgIpc) is 2.39. The number of alkyl carbamates (subject to hydrolysis) is 1. The van der Waals surface area contributed by atoms with Crippen LogP contribution in [0.5, 0.6) is 5.75 Å². The molecular formula is C16H25FN2O4. The Hall–Kier alpha value is -2.02. The number of anilines is 1. The Balaban J connectivity index is 2.45. The van der Waals surface area contributed by atoms with Gasteiger partial charge in [0.1, 0.15) is 17.2 Å². The molecule has 0 radical (unpaired) electrons. The molecule has 0 saturated heterocycles. The molecule has 0 aromatic heterocycles. The minimum absolute atomic E-state index is 0.0420. The van der Waals surface area contributed by atoms with E-state index in [0.29, 0.717) is 11.3 Å². The van der Waals surface area contributed by atoms with E-state index in [1.807, 2.05) is 0 Å². The lowest BCUT2D eigenvalue weighted by molar-refractivity contribution is 0.0440. The maximum Gasteiger partial charge on any atom is 0.407 e. The summed E-state index contributed by atoms with van der Waals surface area (Å²) in [5.74, 6) is -0.171. The van der Waals surface area contributed by atoms with Crippen LogP contribution in [-0.4, -0.2) is 31.5 Å². The number of methoxy groups -OCH3 is 1. The van der Waals surface area contributed by atoms with Crippen molar-refractivity contribution in [2.24, 2.45) is 0 Å². The lowest BCUT2D eigenvalue weighted by atomic mass is 10.2. The first kappa shape index (κ1) is 19.0. The largest absolute Gasteiger partial charge is 0.494 e. The van der Waals surface area contributed by atoms with Gasteiger partial charge in [-0.25, -0.2) is 9.18 Å². The van der Waals surface area contributed by atoms with Gasteiger partial charge in [-0.2, -0.15) is 0 Å². The molecule has 0 aliphatic heterocycles. The average molecular weight is 328 g/mol. The van der Waals surface area contributed by atoms with Gasteiger partial charge in [0.05, 0.1) is 32.1 Å². The van der Waals surface area contributed by atoms with E-state index in [9.17, 15) is 9.18 Å². The number of hydrogen-bond donors (Lipinski definition) is 2. The molecule has 7 heteroatoms. The van der Waals surface area contributed by atoms with E-state index in [2.05, 4.69) is 5.32 Å². The van der Waals surface area contributed by atoms with Crippen LogP contribution in [0.1, 0.15) is 33.3 Å². The summed E-state index contributed by atoms with van der Waals surface area (Å²) in [6.45, 7) is 7.37. The number of carbonyl (C=O) groups excluding carboxylic acids is 1. The Kier molecular flexibility index (Phi) is 6.62. The highest BCUT2D eigenvalue weighted by molar-refractivity contribution is 5.68. The molecule has 23 heavy (non-hydrogen) atoms. The van der Waals surface area contributed by atoms with Crippen molar-refractivity contribution in [2.45, 2.75) is 45.9 Å². The van der Waals surface area contributed by atoms with Crippen molar-refractivity contribution in [1.82, 2.24) is 5.32 Å². The third kappa shape index (κ3) is 6.73. The first-order valence-corrected chi connectivity index (χ1v) is 7.31. The van der Waals surface area contributed by atoms with Gasteiger partial charge in [0.2, 0.25) is 0 Å². The van der Waals surface area contributed by atoms with E-state index in [-0.39, 0.29) is 25.0 Å². The van der Waals surface area contributed by atoms with Crippen LogP contribution in [0.4, 0.5) is 14.9 Å². The second-order valence-electron chi connectivity index (χ2n) is 6.25. The van der Waals surface area contributed by atoms with E-state index >= 15 is 0 Å². The number of nitrogens with two attached hydrogens (primary N) is 1. The van der Waals surface area contributed by atoms with Gasteiger partial charge in [0.15, 0.2) is 0 Å². The van der Waals surface area contributed by atoms with Crippen molar-refractivity contribution >= 4 is 11.8 Å². The Labute approximate surface area is 136 Å². The maximum absolute atomic E-state index is 13.8. The quantitative estimate of drug-likeness (QED) is 0.785. The first-order valence-electron chi connectivity index (χ1n) is 7.31. The number of nitrogens with one attached hydrogen (secondary N) is 1. The van der Waals surface area contributed by atoms with Gasteiger partial charge in [-0.3, -0.25) is 0 Å². The smallest absolute Gasteiger partial charge is 0.407 e. The van der Waals surface area contributed by atoms with Gasteiger partial charge >= 0.3 is 6.09 Å². The zero-order valence-corrected chi connectivity index (χ0v) is 14.2. The highest BCUT2D eigenvalue weighted by Crippen LogP contribution is 2.25. The number of halogens is 1. The summed E-state index contributed by atoms with van der Waals surface area (Å²) < 4.78 is 29.3. The number of hydrogen-bond acceptors (Lipinski definition) is 5. The van der Waals surface area contributed by atoms with Crippen LogP contribution in [0.25, 0.3) is 0 Å². The fourth-order valence-corrected chi connectivity index (χ4v) is 1.80. The van der Waals surface area contributed by atoms with Gasteiger partial charge in [0.25, 0.3) is 0 Å². The third-order valence-corrected chi connectivity index (χ3v) is 2.79. The number of ether oxygens (including phenoxy) is 3. The molecule has 0 aliphatic carbocycles. The number of benzene rings is 1. The molecule has 130 valence electrons. The second-order valence-corrected chi connectivity index (χ2v) is 6.25. The summed E-state index contributed by atoms with van der Waals surface area (Å²) in [5.41, 5.74) is 5.84. The SMILES string of the molecule is COc1cc(F)c(COCC(C)NC(=O)OC(C)(C)C)cc1N. The van der Waals surface area contributed by atoms with E-state index in [1.165, 1.54) is 19.2 Å². The second kappa shape index (κ2) is 8.01. The number of carbonyl (C=O) groups is 1. The number of nitrogen functional groups attached to an aromatic ring is 1. The Morgan fingerprint density at radius 3 is 2.61 bits per heavy atom. The molecule has 0 bridgehead atoms. The first-order chi connectivity index (χ1) is 10.6. The molecule has 1 atom stereocenters. The minimum atomic E-state index is -0.561. The summed E-state index contributed by atoms with van der Waals surface area (Å²) in [6.07, 6.45) is -0.520. The van der Waals surface area contributed by atoms with Crippen LogP contribution in [0.2, 0.25) is 0 Å². The molecule has 0 fully saturated rings. The Morgan fingerprint density at radius 2 is 2.04 bits per heavy atom. The molecule has 0 saturated carbocycles. The lowest BCUT2D eigenvalue weighted by Gasteiger charge is -2.22. The number of rotatable bonds is 6. The molecule has 3 N–H and O–H groups in total.